The van der Waals surface area contributed by atoms with E-state index in [-0.39, 0.29) is 23.1 Å². The summed E-state index contributed by atoms with van der Waals surface area (Å²) in [5.41, 5.74) is 0. The van der Waals surface area contributed by atoms with Gasteiger partial charge in [0, 0.05) is 19.2 Å². The second kappa shape index (κ2) is 9.48. The molecule has 0 aliphatic heterocycles. The normalized spacial score (nSPS) is 11.2. The molecule has 0 aromatic heterocycles. The van der Waals surface area contributed by atoms with Gasteiger partial charge in [-0.25, -0.2) is 13.1 Å². The Labute approximate surface area is 144 Å². The van der Waals surface area contributed by atoms with Gasteiger partial charge in [-0.15, -0.1) is 0 Å². The highest BCUT2D eigenvalue weighted by Gasteiger charge is 2.22. The number of ether oxygens (including phenoxy) is 2. The number of methoxy groups -OCH3 is 2. The van der Waals surface area contributed by atoms with E-state index in [9.17, 15) is 13.2 Å². The predicted octanol–water partition coefficient (Wildman–Crippen LogP) is 1.63. The van der Waals surface area contributed by atoms with Crippen LogP contribution in [-0.2, 0) is 14.8 Å². The summed E-state index contributed by atoms with van der Waals surface area (Å²) in [5.74, 6) is 0.405. The van der Waals surface area contributed by atoms with E-state index in [2.05, 4.69) is 4.72 Å². The number of hydrogen-bond donors (Lipinski definition) is 1. The van der Waals surface area contributed by atoms with Crippen LogP contribution in [-0.4, -0.2) is 53.1 Å². The molecule has 1 aromatic rings. The molecule has 0 spiro atoms. The number of benzene rings is 1. The number of carbonyl (C=O) groups is 1. The van der Waals surface area contributed by atoms with Crippen molar-refractivity contribution in [1.29, 1.82) is 0 Å². The van der Waals surface area contributed by atoms with Crippen molar-refractivity contribution in [3.8, 4) is 11.5 Å². The van der Waals surface area contributed by atoms with E-state index < -0.39 is 10.0 Å². The van der Waals surface area contributed by atoms with Gasteiger partial charge in [-0.1, -0.05) is 13.8 Å². The summed E-state index contributed by atoms with van der Waals surface area (Å²) in [7, 11) is -1.00. The fourth-order valence-corrected chi connectivity index (χ4v) is 3.37. The molecule has 0 saturated heterocycles. The van der Waals surface area contributed by atoms with E-state index in [1.165, 1.54) is 32.4 Å². The minimum absolute atomic E-state index is 0.0314. The maximum Gasteiger partial charge on any atom is 0.244 e. The third kappa shape index (κ3) is 5.38. The smallest absolute Gasteiger partial charge is 0.244 e. The molecule has 0 unspecified atom stereocenters. The largest absolute Gasteiger partial charge is 0.497 e. The summed E-state index contributed by atoms with van der Waals surface area (Å²) in [6, 6.07) is 4.40. The number of rotatable bonds is 10. The Kier molecular flexibility index (Phi) is 8.00. The molecule has 24 heavy (non-hydrogen) atoms. The summed E-state index contributed by atoms with van der Waals surface area (Å²) in [6.07, 6.45) is 1.65. The molecular formula is C16H26N2O5S. The maximum atomic E-state index is 12.5. The summed E-state index contributed by atoms with van der Waals surface area (Å²) >= 11 is 0. The predicted molar refractivity (Wildman–Crippen MR) is 91.9 cm³/mol. The quantitative estimate of drug-likeness (QED) is 0.687. The van der Waals surface area contributed by atoms with Gasteiger partial charge in [0.1, 0.15) is 16.4 Å². The zero-order chi connectivity index (χ0) is 18.2. The van der Waals surface area contributed by atoms with E-state index in [1.54, 1.807) is 4.90 Å². The van der Waals surface area contributed by atoms with Crippen molar-refractivity contribution in [1.82, 2.24) is 9.62 Å². The molecule has 1 aromatic carbocycles. The van der Waals surface area contributed by atoms with Gasteiger partial charge in [0.25, 0.3) is 0 Å². The van der Waals surface area contributed by atoms with Gasteiger partial charge >= 0.3 is 0 Å². The Morgan fingerprint density at radius 2 is 1.75 bits per heavy atom. The Bertz CT molecular complexity index is 640. The number of nitrogens with zero attached hydrogens (tertiary/aromatic N) is 1. The lowest BCUT2D eigenvalue weighted by atomic mass is 10.3. The van der Waals surface area contributed by atoms with Crippen LogP contribution in [0.15, 0.2) is 23.1 Å². The third-order valence-corrected chi connectivity index (χ3v) is 4.85. The van der Waals surface area contributed by atoms with Crippen LogP contribution in [0.4, 0.5) is 0 Å². The summed E-state index contributed by atoms with van der Waals surface area (Å²) < 4.78 is 37.4. The van der Waals surface area contributed by atoms with Crippen molar-refractivity contribution < 1.29 is 22.7 Å². The first-order chi connectivity index (χ1) is 11.4. The third-order valence-electron chi connectivity index (χ3n) is 3.41. The molecule has 0 aliphatic rings. The Morgan fingerprint density at radius 1 is 1.12 bits per heavy atom. The van der Waals surface area contributed by atoms with Gasteiger partial charge in [-0.2, -0.15) is 0 Å². The fourth-order valence-electron chi connectivity index (χ4n) is 2.24. The molecule has 1 amide bonds. The average Bonchev–Trinajstić information content (AvgIpc) is 2.58. The van der Waals surface area contributed by atoms with Crippen LogP contribution in [0, 0.1) is 0 Å². The zero-order valence-corrected chi connectivity index (χ0v) is 15.5. The molecule has 8 heteroatoms. The first-order valence-corrected chi connectivity index (χ1v) is 9.37. The maximum absolute atomic E-state index is 12.5. The monoisotopic (exact) mass is 358 g/mol. The fraction of sp³-hybridized carbons (Fsp3) is 0.562. The van der Waals surface area contributed by atoms with Crippen molar-refractivity contribution in [3.05, 3.63) is 18.2 Å². The summed E-state index contributed by atoms with van der Waals surface area (Å²) in [5, 5.41) is 0. The van der Waals surface area contributed by atoms with Crippen molar-refractivity contribution >= 4 is 15.9 Å². The van der Waals surface area contributed by atoms with Crippen LogP contribution in [0.2, 0.25) is 0 Å². The van der Waals surface area contributed by atoms with Crippen LogP contribution in [0.1, 0.15) is 26.7 Å². The SMILES string of the molecule is CCCN(CCC)C(=O)CNS(=O)(=O)c1ccc(OC)cc1OC. The molecular weight excluding hydrogens is 332 g/mol. The second-order valence-electron chi connectivity index (χ2n) is 5.22. The lowest BCUT2D eigenvalue weighted by Crippen LogP contribution is -2.41. The van der Waals surface area contributed by atoms with Gasteiger partial charge in [0.2, 0.25) is 15.9 Å². The minimum Gasteiger partial charge on any atom is -0.497 e. The standard InChI is InChI=1S/C16H26N2O5S/c1-5-9-18(10-6-2)16(19)12-17-24(20,21)15-8-7-13(22-3)11-14(15)23-4/h7-8,11,17H,5-6,9-10,12H2,1-4H3. The van der Waals surface area contributed by atoms with Gasteiger partial charge < -0.3 is 14.4 Å². The number of carbonyl (C=O) groups excluding carboxylic acids is 1. The molecule has 0 heterocycles. The molecule has 1 rings (SSSR count). The molecule has 1 N–H and O–H groups in total. The highest BCUT2D eigenvalue weighted by atomic mass is 32.2. The van der Waals surface area contributed by atoms with E-state index in [4.69, 9.17) is 9.47 Å². The van der Waals surface area contributed by atoms with Crippen molar-refractivity contribution in [3.63, 3.8) is 0 Å². The molecule has 136 valence electrons. The first-order valence-electron chi connectivity index (χ1n) is 7.89. The highest BCUT2D eigenvalue weighted by Crippen LogP contribution is 2.28. The van der Waals surface area contributed by atoms with Crippen LogP contribution >= 0.6 is 0 Å². The number of nitrogens with one attached hydrogen (secondary N) is 1. The molecule has 0 bridgehead atoms. The Balaban J connectivity index is 2.88. The molecule has 0 fully saturated rings. The van der Waals surface area contributed by atoms with Gasteiger partial charge in [-0.05, 0) is 25.0 Å². The molecule has 0 radical (unpaired) electrons. The topological polar surface area (TPSA) is 84.9 Å². The second-order valence-corrected chi connectivity index (χ2v) is 6.96. The van der Waals surface area contributed by atoms with Crippen LogP contribution in [0.5, 0.6) is 11.5 Å². The van der Waals surface area contributed by atoms with E-state index in [0.717, 1.165) is 12.8 Å². The van der Waals surface area contributed by atoms with E-state index in [0.29, 0.717) is 18.8 Å². The lowest BCUT2D eigenvalue weighted by Gasteiger charge is -2.21. The Hall–Kier alpha value is -1.80. The summed E-state index contributed by atoms with van der Waals surface area (Å²) in [4.78, 5) is 13.8. The van der Waals surface area contributed by atoms with Crippen LogP contribution in [0.25, 0.3) is 0 Å². The highest BCUT2D eigenvalue weighted by molar-refractivity contribution is 7.89. The van der Waals surface area contributed by atoms with Crippen molar-refractivity contribution in [2.45, 2.75) is 31.6 Å². The number of amides is 1. The Morgan fingerprint density at radius 3 is 2.25 bits per heavy atom. The molecule has 0 atom stereocenters. The van der Waals surface area contributed by atoms with Crippen molar-refractivity contribution in [2.75, 3.05) is 33.9 Å². The van der Waals surface area contributed by atoms with Gasteiger partial charge in [0.15, 0.2) is 0 Å². The average molecular weight is 358 g/mol. The number of hydrogen-bond acceptors (Lipinski definition) is 5. The summed E-state index contributed by atoms with van der Waals surface area (Å²) in [6.45, 7) is 4.89. The van der Waals surface area contributed by atoms with Crippen LogP contribution in [0.3, 0.4) is 0 Å². The number of sulfonamides is 1. The molecule has 7 nitrogen and oxygen atoms in total. The van der Waals surface area contributed by atoms with E-state index >= 15 is 0 Å². The van der Waals surface area contributed by atoms with Crippen molar-refractivity contribution in [2.24, 2.45) is 0 Å². The lowest BCUT2D eigenvalue weighted by molar-refractivity contribution is -0.130. The first kappa shape index (κ1) is 20.2. The minimum atomic E-state index is -3.86. The molecule has 0 aliphatic carbocycles. The zero-order valence-electron chi connectivity index (χ0n) is 14.7. The molecule has 0 saturated carbocycles. The van der Waals surface area contributed by atoms with Crippen LogP contribution < -0.4 is 14.2 Å². The van der Waals surface area contributed by atoms with Gasteiger partial charge in [-0.3, -0.25) is 4.79 Å². The van der Waals surface area contributed by atoms with E-state index in [1.807, 2.05) is 13.8 Å². The van der Waals surface area contributed by atoms with Gasteiger partial charge in [0.05, 0.1) is 20.8 Å².